The summed E-state index contributed by atoms with van der Waals surface area (Å²) in [6, 6.07) is 60.1. The second-order valence-electron chi connectivity index (χ2n) is 18.9. The number of aromatic nitrogens is 3. The Morgan fingerprint density at radius 2 is 1.16 bits per heavy atom. The molecular weight excluding hydrogens is 755 g/mol. The maximum atomic E-state index is 11.5. The molecule has 0 aliphatic heterocycles. The molecule has 1 aliphatic rings. The molecule has 0 atom stereocenters. The third-order valence-corrected chi connectivity index (χ3v) is 13.2. The van der Waals surface area contributed by atoms with Gasteiger partial charge in [0.15, 0.2) is 0 Å². The molecular formula is C58H51N3O. The van der Waals surface area contributed by atoms with Gasteiger partial charge in [-0.05, 0) is 98.5 Å². The number of nitrogens with zero attached hydrogens (tertiary/aromatic N) is 3. The number of aromatic hydroxyl groups is 1. The highest BCUT2D eigenvalue weighted by molar-refractivity contribution is 5.98. The molecule has 10 rings (SSSR count). The fourth-order valence-electron chi connectivity index (χ4n) is 9.53. The Kier molecular flexibility index (Phi) is 9.19. The molecule has 7 aromatic carbocycles. The topological polar surface area (TPSA) is 50.9 Å². The summed E-state index contributed by atoms with van der Waals surface area (Å²) in [4.78, 5) is 10.7. The summed E-state index contributed by atoms with van der Waals surface area (Å²) in [6.45, 7) is 16.0. The van der Waals surface area contributed by atoms with E-state index in [-0.39, 0.29) is 22.0 Å². The molecule has 0 unspecified atom stereocenters. The van der Waals surface area contributed by atoms with Crippen molar-refractivity contribution in [3.63, 3.8) is 0 Å². The number of phenols is 1. The highest BCUT2D eigenvalue weighted by Gasteiger charge is 2.36. The van der Waals surface area contributed by atoms with Gasteiger partial charge in [-0.15, -0.1) is 0 Å². The third kappa shape index (κ3) is 6.44. The van der Waals surface area contributed by atoms with Crippen LogP contribution in [-0.2, 0) is 16.2 Å². The summed E-state index contributed by atoms with van der Waals surface area (Å²) >= 11 is 0. The number of rotatable bonds is 7. The molecule has 0 saturated heterocycles. The largest absolute Gasteiger partial charge is 0.507 e. The molecule has 2 aromatic heterocycles. The van der Waals surface area contributed by atoms with E-state index in [0.29, 0.717) is 11.4 Å². The Hall–Kier alpha value is -7.04. The van der Waals surface area contributed by atoms with Crippen molar-refractivity contribution in [2.24, 2.45) is 0 Å². The quantitative estimate of drug-likeness (QED) is 0.175. The van der Waals surface area contributed by atoms with Crippen LogP contribution in [-0.4, -0.2) is 19.6 Å². The average Bonchev–Trinajstić information content (AvgIpc) is 3.78. The second kappa shape index (κ2) is 14.6. The van der Waals surface area contributed by atoms with Crippen LogP contribution in [0.3, 0.4) is 0 Å². The van der Waals surface area contributed by atoms with Gasteiger partial charge in [0.2, 0.25) is 0 Å². The molecule has 2 heterocycles. The molecule has 4 nitrogen and oxygen atoms in total. The number of fused-ring (bicyclic) bond motifs is 4. The van der Waals surface area contributed by atoms with Crippen LogP contribution in [0.25, 0.3) is 72.7 Å². The van der Waals surface area contributed by atoms with Crippen LogP contribution in [0.4, 0.5) is 0 Å². The molecule has 0 saturated carbocycles. The smallest absolute Gasteiger partial charge is 0.149 e. The zero-order chi connectivity index (χ0) is 43.0. The van der Waals surface area contributed by atoms with Gasteiger partial charge in [0.25, 0.3) is 0 Å². The summed E-state index contributed by atoms with van der Waals surface area (Å²) in [5, 5.41) is 11.5. The molecule has 0 bridgehead atoms. The Balaban J connectivity index is 1.24. The molecule has 0 spiro atoms. The van der Waals surface area contributed by atoms with Crippen molar-refractivity contribution in [1.82, 2.24) is 14.5 Å². The monoisotopic (exact) mass is 805 g/mol. The minimum atomic E-state index is -0.327. The van der Waals surface area contributed by atoms with Gasteiger partial charge in [0.1, 0.15) is 11.6 Å². The third-order valence-electron chi connectivity index (χ3n) is 13.2. The van der Waals surface area contributed by atoms with E-state index in [9.17, 15) is 5.11 Å². The Morgan fingerprint density at radius 3 is 1.90 bits per heavy atom. The SMILES string of the molecule is CC(C)(C)c1ccc(-n2c(-c3ccccc3O)nc3c(-c4cc(-c5cc6c(cn5)-c5ccccc5C6(C)C)cc(C(C)(C)c5ccccc5)c4)cccc32)c(-c2ccccc2)c1. The van der Waals surface area contributed by atoms with Crippen LogP contribution in [0.2, 0.25) is 0 Å². The van der Waals surface area contributed by atoms with Crippen LogP contribution in [0.15, 0.2) is 176 Å². The van der Waals surface area contributed by atoms with Crippen LogP contribution < -0.4 is 0 Å². The van der Waals surface area contributed by atoms with Crippen molar-refractivity contribution < 1.29 is 5.11 Å². The zero-order valence-corrected chi connectivity index (χ0v) is 36.5. The normalized spacial score (nSPS) is 13.3. The minimum Gasteiger partial charge on any atom is -0.507 e. The number of hydrogen-bond donors (Lipinski definition) is 1. The van der Waals surface area contributed by atoms with Gasteiger partial charge in [0.05, 0.1) is 28.0 Å². The summed E-state index contributed by atoms with van der Waals surface area (Å²) in [7, 11) is 0. The van der Waals surface area contributed by atoms with E-state index in [1.807, 2.05) is 18.2 Å². The van der Waals surface area contributed by atoms with Gasteiger partial charge in [-0.1, -0.05) is 170 Å². The molecule has 0 amide bonds. The van der Waals surface area contributed by atoms with Crippen molar-refractivity contribution in [1.29, 1.82) is 0 Å². The number of imidazole rings is 1. The number of para-hydroxylation sites is 2. The highest BCUT2D eigenvalue weighted by Crippen LogP contribution is 2.50. The standard InChI is InChI=1S/C58H51N3O/c1-56(2,3)41-29-30-51(46(34-41)37-19-10-8-11-20-37)61-52-27-18-25-43(54(52)60-55(61)45-24-15-17-28-53(45)62)38-31-39(33-42(32-38)57(4,5)40-21-12-9-13-22-40)50-35-49-47(36-59-50)44-23-14-16-26-48(44)58(49,6)7/h8-36,62H,1-7H3. The van der Waals surface area contributed by atoms with Gasteiger partial charge in [-0.2, -0.15) is 0 Å². The van der Waals surface area contributed by atoms with Crippen LogP contribution in [0, 0.1) is 0 Å². The number of pyridine rings is 1. The fraction of sp³-hybridized carbons (Fsp3) is 0.172. The van der Waals surface area contributed by atoms with E-state index in [2.05, 4.69) is 205 Å². The van der Waals surface area contributed by atoms with E-state index in [1.54, 1.807) is 6.07 Å². The van der Waals surface area contributed by atoms with Crippen LogP contribution in [0.1, 0.15) is 76.3 Å². The van der Waals surface area contributed by atoms with E-state index in [0.717, 1.165) is 50.2 Å². The van der Waals surface area contributed by atoms with Crippen LogP contribution in [0.5, 0.6) is 5.75 Å². The first kappa shape index (κ1) is 39.1. The molecule has 0 radical (unpaired) electrons. The molecule has 9 aromatic rings. The van der Waals surface area contributed by atoms with E-state index < -0.39 is 0 Å². The van der Waals surface area contributed by atoms with Gasteiger partial charge < -0.3 is 5.11 Å². The zero-order valence-electron chi connectivity index (χ0n) is 36.5. The molecule has 1 N–H and O–H groups in total. The van der Waals surface area contributed by atoms with E-state index >= 15 is 0 Å². The van der Waals surface area contributed by atoms with Gasteiger partial charge in [-0.3, -0.25) is 9.55 Å². The summed E-state index contributed by atoms with van der Waals surface area (Å²) < 4.78 is 2.24. The predicted molar refractivity (Wildman–Crippen MR) is 257 cm³/mol. The van der Waals surface area contributed by atoms with Gasteiger partial charge in [0, 0.05) is 39.3 Å². The summed E-state index contributed by atoms with van der Waals surface area (Å²) in [5.41, 5.74) is 17.9. The lowest BCUT2D eigenvalue weighted by Crippen LogP contribution is -2.19. The molecule has 304 valence electrons. The first-order valence-electron chi connectivity index (χ1n) is 21.6. The van der Waals surface area contributed by atoms with Crippen LogP contribution >= 0.6 is 0 Å². The number of benzene rings is 7. The van der Waals surface area contributed by atoms with E-state index in [4.69, 9.17) is 9.97 Å². The lowest BCUT2D eigenvalue weighted by molar-refractivity contribution is 0.477. The second-order valence-corrected chi connectivity index (χ2v) is 18.9. The predicted octanol–water partition coefficient (Wildman–Crippen LogP) is 14.7. The maximum absolute atomic E-state index is 11.5. The molecule has 4 heteroatoms. The molecule has 62 heavy (non-hydrogen) atoms. The summed E-state index contributed by atoms with van der Waals surface area (Å²) in [6.07, 6.45) is 2.07. The minimum absolute atomic E-state index is 0.0591. The Labute approximate surface area is 365 Å². The van der Waals surface area contributed by atoms with Gasteiger partial charge in [-0.25, -0.2) is 4.98 Å². The summed E-state index contributed by atoms with van der Waals surface area (Å²) in [5.74, 6) is 0.856. The van der Waals surface area contributed by atoms with Crippen molar-refractivity contribution >= 4 is 11.0 Å². The lowest BCUT2D eigenvalue weighted by atomic mass is 9.76. The van der Waals surface area contributed by atoms with Gasteiger partial charge >= 0.3 is 0 Å². The number of hydrogen-bond acceptors (Lipinski definition) is 3. The number of phenolic OH excluding ortho intramolecular Hbond substituents is 1. The average molecular weight is 806 g/mol. The first-order chi connectivity index (χ1) is 29.8. The fourth-order valence-corrected chi connectivity index (χ4v) is 9.53. The van der Waals surface area contributed by atoms with Crippen molar-refractivity contribution in [2.75, 3.05) is 0 Å². The molecule has 0 fully saturated rings. The maximum Gasteiger partial charge on any atom is 0.149 e. The Morgan fingerprint density at radius 1 is 0.500 bits per heavy atom. The Bertz CT molecular complexity index is 3170. The lowest BCUT2D eigenvalue weighted by Gasteiger charge is -2.28. The highest BCUT2D eigenvalue weighted by atomic mass is 16.3. The van der Waals surface area contributed by atoms with Crippen molar-refractivity contribution in [2.45, 2.75) is 64.7 Å². The van der Waals surface area contributed by atoms with Crippen molar-refractivity contribution in [3.8, 4) is 67.5 Å². The van der Waals surface area contributed by atoms with Crippen molar-refractivity contribution in [3.05, 3.63) is 204 Å². The first-order valence-corrected chi connectivity index (χ1v) is 21.6. The van der Waals surface area contributed by atoms with E-state index in [1.165, 1.54) is 38.9 Å². The molecule has 1 aliphatic carbocycles.